The van der Waals surface area contributed by atoms with E-state index in [0.717, 1.165) is 6.42 Å². The molecule has 0 amide bonds. The predicted octanol–water partition coefficient (Wildman–Crippen LogP) is 0.804. The van der Waals surface area contributed by atoms with Crippen LogP contribution < -0.4 is 4.72 Å². The van der Waals surface area contributed by atoms with Crippen molar-refractivity contribution in [1.29, 1.82) is 0 Å². The van der Waals surface area contributed by atoms with Gasteiger partial charge in [-0.3, -0.25) is 4.79 Å². The van der Waals surface area contributed by atoms with E-state index in [1.807, 2.05) is 0 Å². The summed E-state index contributed by atoms with van der Waals surface area (Å²) in [4.78, 5) is 11.3. The maximum atomic E-state index is 12.1. The predicted molar refractivity (Wildman–Crippen MR) is 68.3 cm³/mol. The molecule has 2 atom stereocenters. The number of nitrogens with one attached hydrogen (secondary N) is 1. The summed E-state index contributed by atoms with van der Waals surface area (Å²) >= 11 is 0. The Bertz CT molecular complexity index is 421. The van der Waals surface area contributed by atoms with E-state index in [0.29, 0.717) is 12.8 Å². The van der Waals surface area contributed by atoms with Crippen LogP contribution in [-0.2, 0) is 15.0 Å². The Kier molecular flexibility index (Phi) is 4.40. The molecule has 0 saturated heterocycles. The van der Waals surface area contributed by atoms with Gasteiger partial charge in [0.1, 0.15) is 0 Å². The van der Waals surface area contributed by atoms with Crippen LogP contribution in [0.4, 0.5) is 0 Å². The standard InChI is InChI=1S/C11H22N2O4S/c1-8(2)13(4)18(16,17)12-9-6-5-7-11(9,3)10(14)15/h8-9,12H,5-7H2,1-4H3,(H,14,15). The first-order valence-electron chi connectivity index (χ1n) is 6.10. The zero-order valence-corrected chi connectivity index (χ0v) is 12.1. The van der Waals surface area contributed by atoms with Gasteiger partial charge in [-0.1, -0.05) is 6.42 Å². The fourth-order valence-corrected chi connectivity index (χ4v) is 3.61. The van der Waals surface area contributed by atoms with Crippen molar-refractivity contribution >= 4 is 16.2 Å². The highest BCUT2D eigenvalue weighted by molar-refractivity contribution is 7.87. The van der Waals surface area contributed by atoms with Crippen LogP contribution >= 0.6 is 0 Å². The second kappa shape index (κ2) is 5.14. The Hall–Kier alpha value is -0.660. The molecule has 1 saturated carbocycles. The summed E-state index contributed by atoms with van der Waals surface area (Å²) in [5, 5.41) is 9.24. The smallest absolute Gasteiger partial charge is 0.310 e. The molecule has 2 N–H and O–H groups in total. The van der Waals surface area contributed by atoms with E-state index in [2.05, 4.69) is 4.72 Å². The van der Waals surface area contributed by atoms with Gasteiger partial charge in [0, 0.05) is 19.1 Å². The van der Waals surface area contributed by atoms with Crippen LogP contribution in [0.25, 0.3) is 0 Å². The number of carbonyl (C=O) groups is 1. The molecule has 0 spiro atoms. The molecule has 106 valence electrons. The first kappa shape index (κ1) is 15.4. The van der Waals surface area contributed by atoms with Gasteiger partial charge in [-0.2, -0.15) is 17.4 Å². The van der Waals surface area contributed by atoms with Gasteiger partial charge in [-0.15, -0.1) is 0 Å². The summed E-state index contributed by atoms with van der Waals surface area (Å²) in [6.45, 7) is 5.14. The molecule has 1 aliphatic carbocycles. The average Bonchev–Trinajstić information content (AvgIpc) is 2.60. The molecule has 1 aliphatic rings. The van der Waals surface area contributed by atoms with Gasteiger partial charge < -0.3 is 5.11 Å². The molecule has 0 aromatic rings. The van der Waals surface area contributed by atoms with Gasteiger partial charge in [-0.05, 0) is 33.6 Å². The van der Waals surface area contributed by atoms with Crippen molar-refractivity contribution in [2.75, 3.05) is 7.05 Å². The lowest BCUT2D eigenvalue weighted by Crippen LogP contribution is -2.52. The molecule has 0 aliphatic heterocycles. The summed E-state index contributed by atoms with van der Waals surface area (Å²) in [6.07, 6.45) is 1.79. The van der Waals surface area contributed by atoms with E-state index < -0.39 is 27.6 Å². The summed E-state index contributed by atoms with van der Waals surface area (Å²) in [7, 11) is -2.14. The third-order valence-corrected chi connectivity index (χ3v) is 5.61. The van der Waals surface area contributed by atoms with Gasteiger partial charge in [-0.25, -0.2) is 0 Å². The highest BCUT2D eigenvalue weighted by atomic mass is 32.2. The largest absolute Gasteiger partial charge is 0.481 e. The van der Waals surface area contributed by atoms with Crippen LogP contribution in [0, 0.1) is 5.41 Å². The second-order valence-electron chi connectivity index (χ2n) is 5.40. The van der Waals surface area contributed by atoms with Gasteiger partial charge >= 0.3 is 5.97 Å². The van der Waals surface area contributed by atoms with Crippen molar-refractivity contribution in [3.8, 4) is 0 Å². The highest BCUT2D eigenvalue weighted by Gasteiger charge is 2.47. The van der Waals surface area contributed by atoms with E-state index in [4.69, 9.17) is 0 Å². The molecule has 1 rings (SSSR count). The molecular weight excluding hydrogens is 256 g/mol. The number of hydrogen-bond donors (Lipinski definition) is 2. The average molecular weight is 278 g/mol. The molecule has 0 bridgehead atoms. The summed E-state index contributed by atoms with van der Waals surface area (Å²) < 4.78 is 27.9. The minimum Gasteiger partial charge on any atom is -0.481 e. The molecule has 0 aromatic heterocycles. The van der Waals surface area contributed by atoms with Crippen LogP contribution in [0.5, 0.6) is 0 Å². The SMILES string of the molecule is CC(C)N(C)S(=O)(=O)NC1CCCC1(C)C(=O)O. The van der Waals surface area contributed by atoms with Gasteiger partial charge in [0.15, 0.2) is 0 Å². The van der Waals surface area contributed by atoms with Crippen LogP contribution in [0.3, 0.4) is 0 Å². The molecular formula is C11H22N2O4S. The number of nitrogens with zero attached hydrogens (tertiary/aromatic N) is 1. The maximum absolute atomic E-state index is 12.1. The topological polar surface area (TPSA) is 86.7 Å². The highest BCUT2D eigenvalue weighted by Crippen LogP contribution is 2.38. The third-order valence-electron chi connectivity index (χ3n) is 3.84. The van der Waals surface area contributed by atoms with Gasteiger partial charge in [0.05, 0.1) is 5.41 Å². The molecule has 18 heavy (non-hydrogen) atoms. The molecule has 0 radical (unpaired) electrons. The van der Waals surface area contributed by atoms with Crippen molar-refractivity contribution in [3.63, 3.8) is 0 Å². The van der Waals surface area contributed by atoms with Crippen LogP contribution in [0.15, 0.2) is 0 Å². The lowest BCUT2D eigenvalue weighted by atomic mass is 9.85. The normalized spacial score (nSPS) is 29.1. The van der Waals surface area contributed by atoms with Crippen molar-refractivity contribution < 1.29 is 18.3 Å². The monoisotopic (exact) mass is 278 g/mol. The Balaban J connectivity index is 2.88. The van der Waals surface area contributed by atoms with Gasteiger partial charge in [0.2, 0.25) is 0 Å². The molecule has 7 heteroatoms. The Labute approximate surface area is 109 Å². The maximum Gasteiger partial charge on any atom is 0.310 e. The Morgan fingerprint density at radius 2 is 2.06 bits per heavy atom. The molecule has 1 fully saturated rings. The van der Waals surface area contributed by atoms with Crippen molar-refractivity contribution in [1.82, 2.24) is 9.03 Å². The number of carboxylic acid groups (broad SMARTS) is 1. The first-order valence-corrected chi connectivity index (χ1v) is 7.54. The zero-order valence-electron chi connectivity index (χ0n) is 11.3. The molecule has 0 aromatic carbocycles. The van der Waals surface area contributed by atoms with Crippen molar-refractivity contribution in [3.05, 3.63) is 0 Å². The third kappa shape index (κ3) is 2.84. The van der Waals surface area contributed by atoms with Crippen LogP contribution in [-0.4, -0.2) is 42.9 Å². The van der Waals surface area contributed by atoms with E-state index in [1.165, 1.54) is 11.4 Å². The quantitative estimate of drug-likeness (QED) is 0.779. The first-order chi connectivity index (χ1) is 8.11. The minimum absolute atomic E-state index is 0.167. The number of aliphatic carboxylic acids is 1. The number of carboxylic acids is 1. The summed E-state index contributed by atoms with van der Waals surface area (Å²) in [6, 6.07) is -0.707. The van der Waals surface area contributed by atoms with Gasteiger partial charge in [0.25, 0.3) is 10.2 Å². The molecule has 2 unspecified atom stereocenters. The Morgan fingerprint density at radius 3 is 2.50 bits per heavy atom. The second-order valence-corrected chi connectivity index (χ2v) is 7.16. The fourth-order valence-electron chi connectivity index (χ4n) is 2.15. The number of hydrogen-bond acceptors (Lipinski definition) is 3. The van der Waals surface area contributed by atoms with E-state index in [1.54, 1.807) is 20.8 Å². The van der Waals surface area contributed by atoms with E-state index in [-0.39, 0.29) is 6.04 Å². The lowest BCUT2D eigenvalue weighted by molar-refractivity contribution is -0.148. The zero-order chi connectivity index (χ0) is 14.1. The Morgan fingerprint density at radius 1 is 1.50 bits per heavy atom. The summed E-state index contributed by atoms with van der Waals surface area (Å²) in [5.41, 5.74) is -1.01. The fraction of sp³-hybridized carbons (Fsp3) is 0.909. The minimum atomic E-state index is -3.63. The number of rotatable bonds is 5. The van der Waals surface area contributed by atoms with Crippen molar-refractivity contribution in [2.24, 2.45) is 5.41 Å². The van der Waals surface area contributed by atoms with E-state index >= 15 is 0 Å². The van der Waals surface area contributed by atoms with Crippen LogP contribution in [0.2, 0.25) is 0 Å². The van der Waals surface area contributed by atoms with E-state index in [9.17, 15) is 18.3 Å². The van der Waals surface area contributed by atoms with Crippen LogP contribution in [0.1, 0.15) is 40.0 Å². The van der Waals surface area contributed by atoms with Crippen molar-refractivity contribution in [2.45, 2.75) is 52.1 Å². The lowest BCUT2D eigenvalue weighted by Gasteiger charge is -2.30. The summed E-state index contributed by atoms with van der Waals surface area (Å²) in [5.74, 6) is -0.945. The molecule has 0 heterocycles. The molecule has 6 nitrogen and oxygen atoms in total.